The van der Waals surface area contributed by atoms with Crippen LogP contribution >= 0.6 is 11.6 Å². The second-order valence-corrected chi connectivity index (χ2v) is 4.67. The molecule has 3 heteroatoms. The van der Waals surface area contributed by atoms with E-state index in [2.05, 4.69) is 0 Å². The van der Waals surface area contributed by atoms with Crippen LogP contribution in [0.4, 0.5) is 0 Å². The zero-order chi connectivity index (χ0) is 13.1. The molecule has 2 aromatic carbocycles. The summed E-state index contributed by atoms with van der Waals surface area (Å²) >= 11 is 5.86. The Morgan fingerprint density at radius 3 is 2.44 bits per heavy atom. The van der Waals surface area contributed by atoms with Gasteiger partial charge < -0.3 is 5.11 Å². The van der Waals surface area contributed by atoms with Gasteiger partial charge in [0.2, 0.25) is 0 Å². The number of benzene rings is 2. The zero-order valence-corrected chi connectivity index (χ0v) is 10.7. The SMILES string of the molecule is Cc1ccc(CC(=O)O)c(-c2ccc(Cl)cc2)c1. The molecule has 2 rings (SSSR count). The van der Waals surface area contributed by atoms with E-state index in [0.717, 1.165) is 22.3 Å². The second-order valence-electron chi connectivity index (χ2n) is 4.24. The number of hydrogen-bond acceptors (Lipinski definition) is 1. The van der Waals surface area contributed by atoms with Crippen molar-refractivity contribution < 1.29 is 9.90 Å². The number of aliphatic carboxylic acids is 1. The van der Waals surface area contributed by atoms with E-state index in [1.165, 1.54) is 0 Å². The molecule has 0 aliphatic rings. The third-order valence-electron chi connectivity index (χ3n) is 2.76. The molecule has 0 unspecified atom stereocenters. The topological polar surface area (TPSA) is 37.3 Å². The van der Waals surface area contributed by atoms with Gasteiger partial charge in [0.25, 0.3) is 0 Å². The van der Waals surface area contributed by atoms with Crippen LogP contribution in [0.1, 0.15) is 11.1 Å². The molecule has 0 saturated heterocycles. The Labute approximate surface area is 111 Å². The third kappa shape index (κ3) is 2.90. The molecule has 0 spiro atoms. The van der Waals surface area contributed by atoms with Gasteiger partial charge in [-0.15, -0.1) is 0 Å². The van der Waals surface area contributed by atoms with Crippen LogP contribution in [0.15, 0.2) is 42.5 Å². The molecule has 2 aromatic rings. The summed E-state index contributed by atoms with van der Waals surface area (Å²) in [4.78, 5) is 10.9. The molecule has 0 aliphatic carbocycles. The molecule has 0 saturated carbocycles. The standard InChI is InChI=1S/C15H13ClO2/c1-10-2-3-12(9-15(17)18)14(8-10)11-4-6-13(16)7-5-11/h2-8H,9H2,1H3,(H,17,18). The van der Waals surface area contributed by atoms with E-state index in [-0.39, 0.29) is 6.42 Å². The fourth-order valence-corrected chi connectivity index (χ4v) is 2.03. The summed E-state index contributed by atoms with van der Waals surface area (Å²) in [6.07, 6.45) is 0.0260. The first-order valence-electron chi connectivity index (χ1n) is 5.63. The van der Waals surface area contributed by atoms with Crippen molar-refractivity contribution in [2.24, 2.45) is 0 Å². The minimum atomic E-state index is -0.825. The average molecular weight is 261 g/mol. The van der Waals surface area contributed by atoms with Crippen molar-refractivity contribution >= 4 is 17.6 Å². The summed E-state index contributed by atoms with van der Waals surface area (Å²) in [5.41, 5.74) is 3.86. The molecule has 0 aromatic heterocycles. The van der Waals surface area contributed by atoms with Crippen molar-refractivity contribution in [2.75, 3.05) is 0 Å². The number of rotatable bonds is 3. The van der Waals surface area contributed by atoms with E-state index in [1.807, 2.05) is 49.4 Å². The van der Waals surface area contributed by atoms with Crippen LogP contribution in [-0.2, 0) is 11.2 Å². The Morgan fingerprint density at radius 2 is 1.83 bits per heavy atom. The molecular formula is C15H13ClO2. The van der Waals surface area contributed by atoms with Crippen LogP contribution in [0.3, 0.4) is 0 Å². The molecule has 92 valence electrons. The quantitative estimate of drug-likeness (QED) is 0.908. The highest BCUT2D eigenvalue weighted by atomic mass is 35.5. The molecule has 0 heterocycles. The fraction of sp³-hybridized carbons (Fsp3) is 0.133. The first-order valence-corrected chi connectivity index (χ1v) is 6.01. The monoisotopic (exact) mass is 260 g/mol. The van der Waals surface area contributed by atoms with Crippen LogP contribution in [0, 0.1) is 6.92 Å². The number of halogens is 1. The molecule has 18 heavy (non-hydrogen) atoms. The van der Waals surface area contributed by atoms with Crippen molar-refractivity contribution in [1.29, 1.82) is 0 Å². The highest BCUT2D eigenvalue weighted by Gasteiger charge is 2.09. The van der Waals surface area contributed by atoms with Gasteiger partial charge in [0, 0.05) is 5.02 Å². The molecule has 0 bridgehead atoms. The Balaban J connectivity index is 2.50. The second kappa shape index (κ2) is 5.23. The predicted molar refractivity (Wildman–Crippen MR) is 73.0 cm³/mol. The average Bonchev–Trinajstić information content (AvgIpc) is 2.32. The summed E-state index contributed by atoms with van der Waals surface area (Å²) in [5.74, 6) is -0.825. The number of carboxylic acids is 1. The van der Waals surface area contributed by atoms with Crippen molar-refractivity contribution in [1.82, 2.24) is 0 Å². The van der Waals surface area contributed by atoms with Crippen LogP contribution < -0.4 is 0 Å². The Bertz CT molecular complexity index is 574. The van der Waals surface area contributed by atoms with Crippen molar-refractivity contribution in [3.63, 3.8) is 0 Å². The summed E-state index contributed by atoms with van der Waals surface area (Å²) in [6, 6.07) is 13.2. The highest BCUT2D eigenvalue weighted by Crippen LogP contribution is 2.26. The van der Waals surface area contributed by atoms with Gasteiger partial charge in [0.1, 0.15) is 0 Å². The van der Waals surface area contributed by atoms with Crippen LogP contribution in [-0.4, -0.2) is 11.1 Å². The van der Waals surface area contributed by atoms with Gasteiger partial charge in [-0.25, -0.2) is 0 Å². The van der Waals surface area contributed by atoms with Gasteiger partial charge in [-0.05, 0) is 35.7 Å². The lowest BCUT2D eigenvalue weighted by atomic mass is 9.96. The smallest absolute Gasteiger partial charge is 0.307 e. The fourth-order valence-electron chi connectivity index (χ4n) is 1.91. The van der Waals surface area contributed by atoms with Crippen LogP contribution in [0.5, 0.6) is 0 Å². The van der Waals surface area contributed by atoms with E-state index in [4.69, 9.17) is 16.7 Å². The van der Waals surface area contributed by atoms with Crippen molar-refractivity contribution in [3.8, 4) is 11.1 Å². The number of carbonyl (C=O) groups is 1. The molecular weight excluding hydrogens is 248 g/mol. The van der Waals surface area contributed by atoms with Gasteiger partial charge in [-0.1, -0.05) is 47.5 Å². The van der Waals surface area contributed by atoms with Gasteiger partial charge >= 0.3 is 5.97 Å². The predicted octanol–water partition coefficient (Wildman–Crippen LogP) is 3.94. The lowest BCUT2D eigenvalue weighted by Crippen LogP contribution is -2.02. The van der Waals surface area contributed by atoms with E-state index in [9.17, 15) is 4.79 Å². The first kappa shape index (κ1) is 12.7. The normalized spacial score (nSPS) is 10.3. The minimum Gasteiger partial charge on any atom is -0.481 e. The van der Waals surface area contributed by atoms with E-state index < -0.39 is 5.97 Å². The molecule has 0 radical (unpaired) electrons. The number of carboxylic acid groups (broad SMARTS) is 1. The maximum absolute atomic E-state index is 10.9. The minimum absolute atomic E-state index is 0.0260. The lowest BCUT2D eigenvalue weighted by Gasteiger charge is -2.09. The highest BCUT2D eigenvalue weighted by molar-refractivity contribution is 6.30. The molecule has 2 nitrogen and oxygen atoms in total. The van der Waals surface area contributed by atoms with Crippen molar-refractivity contribution in [3.05, 3.63) is 58.6 Å². The largest absolute Gasteiger partial charge is 0.481 e. The van der Waals surface area contributed by atoms with Crippen LogP contribution in [0.25, 0.3) is 11.1 Å². The van der Waals surface area contributed by atoms with Gasteiger partial charge in [0.15, 0.2) is 0 Å². The zero-order valence-electron chi connectivity index (χ0n) is 9.98. The molecule has 1 N–H and O–H groups in total. The van der Waals surface area contributed by atoms with Crippen molar-refractivity contribution in [2.45, 2.75) is 13.3 Å². The Hall–Kier alpha value is -1.80. The van der Waals surface area contributed by atoms with Gasteiger partial charge in [-0.2, -0.15) is 0 Å². The lowest BCUT2D eigenvalue weighted by molar-refractivity contribution is -0.136. The summed E-state index contributed by atoms with van der Waals surface area (Å²) in [5, 5.41) is 9.60. The molecule has 0 aliphatic heterocycles. The molecule has 0 amide bonds. The van der Waals surface area contributed by atoms with E-state index in [0.29, 0.717) is 5.02 Å². The van der Waals surface area contributed by atoms with E-state index >= 15 is 0 Å². The Kier molecular flexibility index (Phi) is 3.68. The summed E-state index contributed by atoms with van der Waals surface area (Å²) in [6.45, 7) is 1.99. The third-order valence-corrected chi connectivity index (χ3v) is 3.01. The number of hydrogen-bond donors (Lipinski definition) is 1. The maximum atomic E-state index is 10.9. The van der Waals surface area contributed by atoms with Gasteiger partial charge in [-0.3, -0.25) is 4.79 Å². The van der Waals surface area contributed by atoms with E-state index in [1.54, 1.807) is 0 Å². The molecule has 0 atom stereocenters. The van der Waals surface area contributed by atoms with Crippen LogP contribution in [0.2, 0.25) is 5.02 Å². The first-order chi connectivity index (χ1) is 8.56. The Morgan fingerprint density at radius 1 is 1.17 bits per heavy atom. The summed E-state index contributed by atoms with van der Waals surface area (Å²) < 4.78 is 0. The number of aryl methyl sites for hydroxylation is 1. The molecule has 0 fully saturated rings. The summed E-state index contributed by atoms with van der Waals surface area (Å²) in [7, 11) is 0. The maximum Gasteiger partial charge on any atom is 0.307 e. The van der Waals surface area contributed by atoms with Gasteiger partial charge in [0.05, 0.1) is 6.42 Å².